The molecule has 7 heteroatoms. The van der Waals surface area contributed by atoms with Crippen molar-refractivity contribution in [1.82, 2.24) is 0 Å². The monoisotopic (exact) mass is 301 g/mol. The first kappa shape index (κ1) is 16.3. The molecular formula is C13H19NO5S. The van der Waals surface area contributed by atoms with Crippen molar-refractivity contribution in [3.05, 3.63) is 23.8 Å². The third-order valence-electron chi connectivity index (χ3n) is 2.62. The molecule has 0 radical (unpaired) electrons. The molecule has 6 nitrogen and oxygen atoms in total. The maximum Gasteiger partial charge on any atom is 0.337 e. The van der Waals surface area contributed by atoms with Crippen molar-refractivity contribution in [2.45, 2.75) is 27.2 Å². The van der Waals surface area contributed by atoms with Gasteiger partial charge in [-0.2, -0.15) is 0 Å². The van der Waals surface area contributed by atoms with Crippen LogP contribution in [0.25, 0.3) is 0 Å². The van der Waals surface area contributed by atoms with Gasteiger partial charge in [-0.25, -0.2) is 13.2 Å². The number of aromatic hydroxyl groups is 1. The smallest absolute Gasteiger partial charge is 0.337 e. The Kier molecular flexibility index (Phi) is 4.65. The van der Waals surface area contributed by atoms with E-state index in [0.717, 1.165) is 6.07 Å². The highest BCUT2D eigenvalue weighted by molar-refractivity contribution is 7.92. The Balaban J connectivity index is 2.95. The molecule has 20 heavy (non-hydrogen) atoms. The molecule has 0 heterocycles. The average Bonchev–Trinajstić information content (AvgIpc) is 2.28. The molecule has 1 rings (SSSR count). The zero-order valence-electron chi connectivity index (χ0n) is 11.7. The van der Waals surface area contributed by atoms with Crippen LogP contribution in [-0.4, -0.2) is 30.4 Å². The Hall–Kier alpha value is -1.76. The molecule has 0 saturated heterocycles. The Bertz CT molecular complexity index is 602. The van der Waals surface area contributed by atoms with Crippen molar-refractivity contribution in [3.63, 3.8) is 0 Å². The van der Waals surface area contributed by atoms with Crippen LogP contribution in [-0.2, 0) is 10.0 Å². The average molecular weight is 301 g/mol. The van der Waals surface area contributed by atoms with Crippen molar-refractivity contribution >= 4 is 21.7 Å². The number of phenolic OH excluding ortho intramolecular Hbond substituents is 1. The van der Waals surface area contributed by atoms with Gasteiger partial charge in [-0.15, -0.1) is 0 Å². The summed E-state index contributed by atoms with van der Waals surface area (Å²) in [5.74, 6) is -1.65. The molecule has 0 aliphatic carbocycles. The van der Waals surface area contributed by atoms with Crippen LogP contribution in [0.3, 0.4) is 0 Å². The molecule has 0 spiro atoms. The maximum absolute atomic E-state index is 11.9. The number of sulfonamides is 1. The number of hydrogen-bond donors (Lipinski definition) is 3. The number of anilines is 1. The van der Waals surface area contributed by atoms with E-state index in [1.807, 2.05) is 20.8 Å². The van der Waals surface area contributed by atoms with Gasteiger partial charge in [0.1, 0.15) is 5.75 Å². The summed E-state index contributed by atoms with van der Waals surface area (Å²) in [5.41, 5.74) is -0.479. The molecule has 1 aromatic carbocycles. The largest absolute Gasteiger partial charge is 0.508 e. The van der Waals surface area contributed by atoms with Crippen LogP contribution in [0.4, 0.5) is 5.69 Å². The number of nitrogens with one attached hydrogen (secondary N) is 1. The fourth-order valence-corrected chi connectivity index (χ4v) is 2.95. The van der Waals surface area contributed by atoms with E-state index in [2.05, 4.69) is 4.72 Å². The predicted molar refractivity (Wildman–Crippen MR) is 76.5 cm³/mol. The Morgan fingerprint density at radius 1 is 1.30 bits per heavy atom. The number of rotatable bonds is 5. The first-order chi connectivity index (χ1) is 9.00. The molecule has 1 aromatic rings. The Labute approximate surface area is 118 Å². The lowest BCUT2D eigenvalue weighted by Gasteiger charge is -2.18. The molecular weight excluding hydrogens is 282 g/mol. The van der Waals surface area contributed by atoms with Crippen molar-refractivity contribution in [3.8, 4) is 5.75 Å². The Morgan fingerprint density at radius 2 is 1.90 bits per heavy atom. The van der Waals surface area contributed by atoms with Crippen LogP contribution in [0.15, 0.2) is 18.2 Å². The quantitative estimate of drug-likeness (QED) is 0.724. The molecule has 3 N–H and O–H groups in total. The van der Waals surface area contributed by atoms with Crippen molar-refractivity contribution < 1.29 is 23.4 Å². The van der Waals surface area contributed by atoms with Crippen LogP contribution in [0, 0.1) is 5.41 Å². The van der Waals surface area contributed by atoms with E-state index in [4.69, 9.17) is 5.11 Å². The van der Waals surface area contributed by atoms with Crippen LogP contribution in [0.5, 0.6) is 5.75 Å². The standard InChI is InChI=1S/C13H19NO5S/c1-13(2,3)6-7-20(18,19)14-11-5-4-9(15)8-10(11)12(16)17/h4-5,8,14-15H,6-7H2,1-3H3,(H,16,17). The van der Waals surface area contributed by atoms with E-state index in [9.17, 15) is 18.3 Å². The lowest BCUT2D eigenvalue weighted by Crippen LogP contribution is -2.22. The number of carboxylic acids is 1. The fraction of sp³-hybridized carbons (Fsp3) is 0.462. The van der Waals surface area contributed by atoms with Gasteiger partial charge in [-0.1, -0.05) is 20.8 Å². The molecule has 112 valence electrons. The number of aromatic carboxylic acids is 1. The minimum Gasteiger partial charge on any atom is -0.508 e. The van der Waals surface area contributed by atoms with E-state index >= 15 is 0 Å². The number of carbonyl (C=O) groups is 1. The lowest BCUT2D eigenvalue weighted by molar-refractivity contribution is 0.0697. The summed E-state index contributed by atoms with van der Waals surface area (Å²) >= 11 is 0. The third kappa shape index (κ3) is 5.08. The SMILES string of the molecule is CC(C)(C)CCS(=O)(=O)Nc1ccc(O)cc1C(=O)O. The van der Waals surface area contributed by atoms with Gasteiger partial charge in [0.15, 0.2) is 0 Å². The second-order valence-electron chi connectivity index (χ2n) is 5.77. The maximum atomic E-state index is 11.9. The highest BCUT2D eigenvalue weighted by Crippen LogP contribution is 2.24. The van der Waals surface area contributed by atoms with Crippen molar-refractivity contribution in [1.29, 1.82) is 0 Å². The minimum absolute atomic E-state index is 0.0517. The summed E-state index contributed by atoms with van der Waals surface area (Å²) in [5, 5.41) is 18.3. The van der Waals surface area contributed by atoms with E-state index < -0.39 is 16.0 Å². The molecule has 0 saturated carbocycles. The summed E-state index contributed by atoms with van der Waals surface area (Å²) in [6.07, 6.45) is 0.447. The van der Waals surface area contributed by atoms with Gasteiger partial charge in [0.2, 0.25) is 10.0 Å². The van der Waals surface area contributed by atoms with E-state index in [0.29, 0.717) is 6.42 Å². The molecule has 0 aromatic heterocycles. The van der Waals surface area contributed by atoms with E-state index in [1.54, 1.807) is 0 Å². The normalized spacial score (nSPS) is 12.2. The highest BCUT2D eigenvalue weighted by atomic mass is 32.2. The molecule has 0 fully saturated rings. The summed E-state index contributed by atoms with van der Waals surface area (Å²) in [7, 11) is -3.63. The molecule has 0 bridgehead atoms. The molecule has 0 aliphatic rings. The van der Waals surface area contributed by atoms with Gasteiger partial charge in [0, 0.05) is 0 Å². The van der Waals surface area contributed by atoms with Crippen LogP contribution in [0.2, 0.25) is 0 Å². The van der Waals surface area contributed by atoms with Gasteiger partial charge >= 0.3 is 5.97 Å². The summed E-state index contributed by atoms with van der Waals surface area (Å²) in [6, 6.07) is 3.46. The van der Waals surface area contributed by atoms with Gasteiger partial charge in [-0.3, -0.25) is 4.72 Å². The number of phenols is 1. The van der Waals surface area contributed by atoms with Gasteiger partial charge in [0.25, 0.3) is 0 Å². The fourth-order valence-electron chi connectivity index (χ4n) is 1.46. The zero-order valence-corrected chi connectivity index (χ0v) is 12.5. The minimum atomic E-state index is -3.63. The zero-order chi connectivity index (χ0) is 15.6. The van der Waals surface area contributed by atoms with Gasteiger partial charge < -0.3 is 10.2 Å². The van der Waals surface area contributed by atoms with Gasteiger partial charge in [0.05, 0.1) is 17.0 Å². The van der Waals surface area contributed by atoms with Crippen LogP contribution >= 0.6 is 0 Å². The third-order valence-corrected chi connectivity index (χ3v) is 3.89. The topological polar surface area (TPSA) is 104 Å². The molecule has 0 aliphatic heterocycles. The Morgan fingerprint density at radius 3 is 2.40 bits per heavy atom. The predicted octanol–water partition coefficient (Wildman–Crippen LogP) is 2.27. The second-order valence-corrected chi connectivity index (χ2v) is 7.61. The second kappa shape index (κ2) is 5.70. The molecule has 0 unspecified atom stereocenters. The summed E-state index contributed by atoms with van der Waals surface area (Å²) in [4.78, 5) is 11.0. The van der Waals surface area contributed by atoms with Gasteiger partial charge in [-0.05, 0) is 30.0 Å². The van der Waals surface area contributed by atoms with E-state index in [1.165, 1.54) is 12.1 Å². The number of carboxylic acid groups (broad SMARTS) is 1. The molecule has 0 atom stereocenters. The van der Waals surface area contributed by atoms with Crippen LogP contribution in [0.1, 0.15) is 37.6 Å². The number of hydrogen-bond acceptors (Lipinski definition) is 4. The van der Waals surface area contributed by atoms with Crippen molar-refractivity contribution in [2.75, 3.05) is 10.5 Å². The van der Waals surface area contributed by atoms with Crippen LogP contribution < -0.4 is 4.72 Å². The number of benzene rings is 1. The highest BCUT2D eigenvalue weighted by Gasteiger charge is 2.20. The lowest BCUT2D eigenvalue weighted by atomic mass is 9.94. The first-order valence-corrected chi connectivity index (χ1v) is 7.72. The summed E-state index contributed by atoms with van der Waals surface area (Å²) in [6.45, 7) is 5.77. The van der Waals surface area contributed by atoms with E-state index in [-0.39, 0.29) is 28.2 Å². The van der Waals surface area contributed by atoms with Crippen molar-refractivity contribution in [2.24, 2.45) is 5.41 Å². The first-order valence-electron chi connectivity index (χ1n) is 6.07. The summed E-state index contributed by atoms with van der Waals surface area (Å²) < 4.78 is 26.1. The molecule has 0 amide bonds.